The molecule has 2 aromatic carbocycles. The Kier molecular flexibility index (Phi) is 7.24. The lowest BCUT2D eigenvalue weighted by atomic mass is 9.87. The van der Waals surface area contributed by atoms with Crippen LogP contribution < -0.4 is 10.2 Å². The Balaban J connectivity index is 1.77. The number of carbonyl (C=O) groups excluding carboxylic acids is 2. The number of hydrogen-bond acceptors (Lipinski definition) is 3. The first-order valence-corrected chi connectivity index (χ1v) is 11.8. The van der Waals surface area contributed by atoms with Gasteiger partial charge in [-0.3, -0.25) is 14.5 Å². The number of anilines is 2. The molecule has 160 valence electrons. The number of benzene rings is 2. The van der Waals surface area contributed by atoms with Crippen LogP contribution in [0.2, 0.25) is 0 Å². The predicted octanol–water partition coefficient (Wildman–Crippen LogP) is 6.28. The zero-order valence-electron chi connectivity index (χ0n) is 18.4. The van der Waals surface area contributed by atoms with Crippen LogP contribution in [0.1, 0.15) is 69.9 Å². The van der Waals surface area contributed by atoms with Crippen molar-refractivity contribution in [1.29, 1.82) is 0 Å². The van der Waals surface area contributed by atoms with E-state index < -0.39 is 0 Å². The van der Waals surface area contributed by atoms with Crippen LogP contribution in [0.25, 0.3) is 0 Å². The number of rotatable bonds is 7. The maximum Gasteiger partial charge on any atom is 0.238 e. The Labute approximate surface area is 184 Å². The number of nitrogens with one attached hydrogen (secondary N) is 1. The minimum atomic E-state index is -0.0880. The van der Waals surface area contributed by atoms with E-state index in [0.717, 1.165) is 36.2 Å². The van der Waals surface area contributed by atoms with E-state index in [1.165, 1.54) is 5.56 Å². The number of nitrogens with zero attached hydrogens (tertiary/aromatic N) is 1. The molecular formula is C25H32N2O2S. The van der Waals surface area contributed by atoms with Gasteiger partial charge in [0.1, 0.15) is 5.37 Å². The summed E-state index contributed by atoms with van der Waals surface area (Å²) in [4.78, 5) is 26.7. The van der Waals surface area contributed by atoms with Crippen molar-refractivity contribution >= 4 is 35.0 Å². The largest absolute Gasteiger partial charge is 0.326 e. The molecule has 0 aromatic heterocycles. The van der Waals surface area contributed by atoms with Crippen LogP contribution in [-0.4, -0.2) is 17.6 Å². The van der Waals surface area contributed by atoms with E-state index in [1.54, 1.807) is 11.8 Å². The third kappa shape index (κ3) is 5.45. The van der Waals surface area contributed by atoms with Crippen molar-refractivity contribution in [3.8, 4) is 0 Å². The van der Waals surface area contributed by atoms with E-state index in [-0.39, 0.29) is 22.6 Å². The van der Waals surface area contributed by atoms with Crippen LogP contribution in [0.5, 0.6) is 0 Å². The summed E-state index contributed by atoms with van der Waals surface area (Å²) in [6, 6.07) is 16.2. The first-order chi connectivity index (χ1) is 14.3. The maximum absolute atomic E-state index is 12.7. The summed E-state index contributed by atoms with van der Waals surface area (Å²) in [6.45, 7) is 8.68. The topological polar surface area (TPSA) is 49.4 Å². The molecule has 3 rings (SSSR count). The molecule has 1 heterocycles. The molecule has 1 saturated heterocycles. The smallest absolute Gasteiger partial charge is 0.238 e. The van der Waals surface area contributed by atoms with Gasteiger partial charge >= 0.3 is 0 Å². The lowest BCUT2D eigenvalue weighted by Gasteiger charge is -2.26. The normalized spacial score (nSPS) is 16.7. The van der Waals surface area contributed by atoms with E-state index >= 15 is 0 Å². The van der Waals surface area contributed by atoms with Gasteiger partial charge in [-0.25, -0.2) is 0 Å². The molecule has 1 fully saturated rings. The number of amides is 2. The summed E-state index contributed by atoms with van der Waals surface area (Å²) < 4.78 is 0. The van der Waals surface area contributed by atoms with Crippen molar-refractivity contribution in [2.24, 2.45) is 0 Å². The molecule has 0 aliphatic carbocycles. The summed E-state index contributed by atoms with van der Waals surface area (Å²) in [7, 11) is 0. The van der Waals surface area contributed by atoms with E-state index in [4.69, 9.17) is 0 Å². The second kappa shape index (κ2) is 9.69. The minimum absolute atomic E-state index is 0.0466. The quantitative estimate of drug-likeness (QED) is 0.532. The van der Waals surface area contributed by atoms with Crippen molar-refractivity contribution in [3.05, 3.63) is 59.7 Å². The van der Waals surface area contributed by atoms with Gasteiger partial charge in [0.05, 0.1) is 5.75 Å². The van der Waals surface area contributed by atoms with E-state index in [0.29, 0.717) is 12.2 Å². The van der Waals surface area contributed by atoms with Gasteiger partial charge in [0.25, 0.3) is 0 Å². The van der Waals surface area contributed by atoms with E-state index in [9.17, 15) is 9.59 Å². The Morgan fingerprint density at radius 2 is 1.87 bits per heavy atom. The lowest BCUT2D eigenvalue weighted by molar-refractivity contribution is -0.117. The standard InChI is InChI=1S/C25H32N2O2S/c1-5-6-7-11-22(28)26-20-10-8-9-18(16-20)24-27(23(29)17-30-24)21-14-12-19(13-15-21)25(2,3)4/h8-10,12-16,24H,5-7,11,17H2,1-4H3,(H,26,28). The monoisotopic (exact) mass is 424 g/mol. The molecule has 2 aromatic rings. The lowest BCUT2D eigenvalue weighted by Crippen LogP contribution is -2.28. The zero-order valence-corrected chi connectivity index (χ0v) is 19.2. The molecule has 0 saturated carbocycles. The van der Waals surface area contributed by atoms with Crippen molar-refractivity contribution in [2.75, 3.05) is 16.0 Å². The molecule has 30 heavy (non-hydrogen) atoms. The number of thioether (sulfide) groups is 1. The Morgan fingerprint density at radius 3 is 2.53 bits per heavy atom. The highest BCUT2D eigenvalue weighted by molar-refractivity contribution is 8.00. The molecule has 5 heteroatoms. The highest BCUT2D eigenvalue weighted by atomic mass is 32.2. The average Bonchev–Trinajstić information content (AvgIpc) is 3.09. The molecule has 1 atom stereocenters. The van der Waals surface area contributed by atoms with Crippen molar-refractivity contribution in [3.63, 3.8) is 0 Å². The Bertz CT molecular complexity index is 887. The molecule has 1 aliphatic rings. The van der Waals surface area contributed by atoms with Gasteiger partial charge in [0, 0.05) is 17.8 Å². The summed E-state index contributed by atoms with van der Waals surface area (Å²) in [5.74, 6) is 0.618. The van der Waals surface area contributed by atoms with Crippen LogP contribution in [-0.2, 0) is 15.0 Å². The first kappa shape index (κ1) is 22.4. The van der Waals surface area contributed by atoms with Crippen molar-refractivity contribution < 1.29 is 9.59 Å². The van der Waals surface area contributed by atoms with Gasteiger partial charge in [-0.1, -0.05) is 64.8 Å². The summed E-state index contributed by atoms with van der Waals surface area (Å²) in [5, 5.41) is 2.91. The minimum Gasteiger partial charge on any atom is -0.326 e. The number of hydrogen-bond donors (Lipinski definition) is 1. The zero-order chi connectivity index (χ0) is 21.7. The second-order valence-electron chi connectivity index (χ2n) is 8.85. The summed E-state index contributed by atoms with van der Waals surface area (Å²) >= 11 is 1.62. The van der Waals surface area contributed by atoms with Crippen molar-refractivity contribution in [1.82, 2.24) is 0 Å². The van der Waals surface area contributed by atoms with Gasteiger partial charge < -0.3 is 5.32 Å². The highest BCUT2D eigenvalue weighted by Gasteiger charge is 2.34. The van der Waals surface area contributed by atoms with Crippen molar-refractivity contribution in [2.45, 2.75) is 64.2 Å². The van der Waals surface area contributed by atoms with Gasteiger partial charge in [-0.2, -0.15) is 0 Å². The van der Waals surface area contributed by atoms with Gasteiger partial charge in [0.15, 0.2) is 0 Å². The Morgan fingerprint density at radius 1 is 1.13 bits per heavy atom. The molecule has 1 N–H and O–H groups in total. The molecule has 1 unspecified atom stereocenters. The third-order valence-electron chi connectivity index (χ3n) is 5.34. The summed E-state index contributed by atoms with van der Waals surface area (Å²) in [5.41, 5.74) is 4.05. The Hall–Kier alpha value is -2.27. The van der Waals surface area contributed by atoms with E-state index in [2.05, 4.69) is 45.1 Å². The average molecular weight is 425 g/mol. The molecular weight excluding hydrogens is 392 g/mol. The number of unbranched alkanes of at least 4 members (excludes halogenated alkanes) is 2. The fourth-order valence-electron chi connectivity index (χ4n) is 3.60. The molecule has 0 spiro atoms. The second-order valence-corrected chi connectivity index (χ2v) is 9.92. The molecule has 2 amide bonds. The highest BCUT2D eigenvalue weighted by Crippen LogP contribution is 2.42. The van der Waals surface area contributed by atoms with Crippen LogP contribution in [0.15, 0.2) is 48.5 Å². The van der Waals surface area contributed by atoms with Crippen LogP contribution in [0.4, 0.5) is 11.4 Å². The van der Waals surface area contributed by atoms with Gasteiger partial charge in [0.2, 0.25) is 11.8 Å². The predicted molar refractivity (Wildman–Crippen MR) is 127 cm³/mol. The van der Waals surface area contributed by atoms with Gasteiger partial charge in [-0.15, -0.1) is 11.8 Å². The summed E-state index contributed by atoms with van der Waals surface area (Å²) in [6.07, 6.45) is 3.62. The van der Waals surface area contributed by atoms with Crippen LogP contribution in [0, 0.1) is 0 Å². The fourth-order valence-corrected chi connectivity index (χ4v) is 4.77. The fraction of sp³-hybridized carbons (Fsp3) is 0.440. The maximum atomic E-state index is 12.7. The van der Waals surface area contributed by atoms with E-state index in [1.807, 2.05) is 41.3 Å². The molecule has 0 radical (unpaired) electrons. The molecule has 1 aliphatic heterocycles. The first-order valence-electron chi connectivity index (χ1n) is 10.7. The third-order valence-corrected chi connectivity index (χ3v) is 6.55. The van der Waals surface area contributed by atoms with Crippen LogP contribution >= 0.6 is 11.8 Å². The number of carbonyl (C=O) groups is 2. The molecule has 4 nitrogen and oxygen atoms in total. The SMILES string of the molecule is CCCCCC(=O)Nc1cccc(C2SCC(=O)N2c2ccc(C(C)(C)C)cc2)c1. The van der Waals surface area contributed by atoms with Crippen LogP contribution in [0.3, 0.4) is 0 Å². The van der Waals surface area contributed by atoms with Gasteiger partial charge in [-0.05, 0) is 47.2 Å². The molecule has 0 bridgehead atoms.